The van der Waals surface area contributed by atoms with Gasteiger partial charge in [0.2, 0.25) is 0 Å². The monoisotopic (exact) mass is 288 g/mol. The number of hydrogen-bond donors (Lipinski definition) is 2. The van der Waals surface area contributed by atoms with Crippen molar-refractivity contribution in [1.29, 1.82) is 0 Å². The molecule has 0 spiro atoms. The summed E-state index contributed by atoms with van der Waals surface area (Å²) in [5.41, 5.74) is 0.518. The number of urea groups is 1. The van der Waals surface area contributed by atoms with Crippen LogP contribution in [0.5, 0.6) is 0 Å². The Morgan fingerprint density at radius 1 is 1.24 bits per heavy atom. The summed E-state index contributed by atoms with van der Waals surface area (Å²) >= 11 is 0. The van der Waals surface area contributed by atoms with Gasteiger partial charge in [0.05, 0.1) is 12.8 Å². The van der Waals surface area contributed by atoms with Gasteiger partial charge in [0.15, 0.2) is 6.04 Å². The van der Waals surface area contributed by atoms with Gasteiger partial charge in [-0.1, -0.05) is 30.3 Å². The molecule has 6 nitrogen and oxygen atoms in total. The molecule has 2 N–H and O–H groups in total. The van der Waals surface area contributed by atoms with Gasteiger partial charge < -0.3 is 19.7 Å². The first-order chi connectivity index (χ1) is 10.1. The van der Waals surface area contributed by atoms with E-state index in [0.717, 1.165) is 0 Å². The molecule has 0 aliphatic rings. The predicted molar refractivity (Wildman–Crippen MR) is 75.5 cm³/mol. The fraction of sp³-hybridized carbons (Fsp3) is 0.200. The van der Waals surface area contributed by atoms with Crippen molar-refractivity contribution in [3.05, 3.63) is 60.1 Å². The molecular weight excluding hydrogens is 272 g/mol. The molecule has 1 unspecified atom stereocenters. The number of carbonyl (C=O) groups is 2. The third-order valence-corrected chi connectivity index (χ3v) is 2.97. The molecule has 0 saturated carbocycles. The molecule has 1 aromatic carbocycles. The third kappa shape index (κ3) is 3.85. The average Bonchev–Trinajstić information content (AvgIpc) is 2.98. The second kappa shape index (κ2) is 6.60. The lowest BCUT2D eigenvalue weighted by Gasteiger charge is -2.20. The molecule has 110 valence electrons. The summed E-state index contributed by atoms with van der Waals surface area (Å²) in [6.45, 7) is 0.264. The van der Waals surface area contributed by atoms with Crippen LogP contribution in [0, 0.1) is 0 Å². The minimum Gasteiger partial charge on any atom is -0.479 e. The zero-order valence-electron chi connectivity index (χ0n) is 11.5. The number of rotatable bonds is 5. The average molecular weight is 288 g/mol. The summed E-state index contributed by atoms with van der Waals surface area (Å²) < 4.78 is 5.15. The van der Waals surface area contributed by atoms with Crippen LogP contribution in [0.1, 0.15) is 17.4 Å². The van der Waals surface area contributed by atoms with Crippen molar-refractivity contribution in [2.45, 2.75) is 12.6 Å². The first-order valence-corrected chi connectivity index (χ1v) is 6.39. The van der Waals surface area contributed by atoms with E-state index in [1.807, 2.05) is 0 Å². The number of carboxylic acids is 1. The highest BCUT2D eigenvalue weighted by Gasteiger charge is 2.23. The molecule has 6 heteroatoms. The molecular formula is C15H16N2O4. The maximum absolute atomic E-state index is 12.1. The number of amides is 2. The number of hydrogen-bond acceptors (Lipinski definition) is 3. The smallest absolute Gasteiger partial charge is 0.330 e. The van der Waals surface area contributed by atoms with Gasteiger partial charge in [-0.25, -0.2) is 9.59 Å². The van der Waals surface area contributed by atoms with Crippen LogP contribution in [0.25, 0.3) is 0 Å². The molecule has 0 fully saturated rings. The lowest BCUT2D eigenvalue weighted by molar-refractivity contribution is -0.139. The summed E-state index contributed by atoms with van der Waals surface area (Å²) in [6, 6.07) is 10.5. The van der Waals surface area contributed by atoms with Gasteiger partial charge >= 0.3 is 12.0 Å². The van der Waals surface area contributed by atoms with E-state index < -0.39 is 18.0 Å². The molecule has 1 atom stereocenters. The van der Waals surface area contributed by atoms with Crippen LogP contribution in [-0.4, -0.2) is 29.1 Å². The number of nitrogens with zero attached hydrogens (tertiary/aromatic N) is 1. The zero-order valence-corrected chi connectivity index (χ0v) is 11.5. The summed E-state index contributed by atoms with van der Waals surface area (Å²) in [7, 11) is 1.57. The Bertz CT molecular complexity index is 595. The molecule has 0 bridgehead atoms. The van der Waals surface area contributed by atoms with Crippen molar-refractivity contribution in [1.82, 2.24) is 10.2 Å². The van der Waals surface area contributed by atoms with E-state index in [4.69, 9.17) is 4.42 Å². The van der Waals surface area contributed by atoms with E-state index in [1.54, 1.807) is 49.5 Å². The lowest BCUT2D eigenvalue weighted by atomic mass is 10.1. The van der Waals surface area contributed by atoms with Crippen molar-refractivity contribution in [3.63, 3.8) is 0 Å². The van der Waals surface area contributed by atoms with E-state index in [0.29, 0.717) is 11.3 Å². The van der Waals surface area contributed by atoms with Crippen LogP contribution < -0.4 is 5.32 Å². The molecule has 2 amide bonds. The second-order valence-electron chi connectivity index (χ2n) is 4.57. The van der Waals surface area contributed by atoms with Crippen LogP contribution in [-0.2, 0) is 11.3 Å². The minimum atomic E-state index is -1.11. The highest BCUT2D eigenvalue weighted by Crippen LogP contribution is 2.13. The molecule has 0 saturated heterocycles. The van der Waals surface area contributed by atoms with Crippen molar-refractivity contribution in [2.75, 3.05) is 7.05 Å². The Morgan fingerprint density at radius 3 is 2.52 bits per heavy atom. The molecule has 0 aliphatic carbocycles. The maximum atomic E-state index is 12.1. The summed E-state index contributed by atoms with van der Waals surface area (Å²) in [5, 5.41) is 11.8. The predicted octanol–water partition coefficient (Wildman–Crippen LogP) is 2.25. The summed E-state index contributed by atoms with van der Waals surface area (Å²) in [4.78, 5) is 24.7. The van der Waals surface area contributed by atoms with Crippen LogP contribution in [0.15, 0.2) is 53.1 Å². The number of benzene rings is 1. The van der Waals surface area contributed by atoms with Gasteiger partial charge in [-0.3, -0.25) is 0 Å². The topological polar surface area (TPSA) is 82.8 Å². The molecule has 0 aliphatic heterocycles. The van der Waals surface area contributed by atoms with E-state index >= 15 is 0 Å². The maximum Gasteiger partial charge on any atom is 0.330 e. The second-order valence-corrected chi connectivity index (χ2v) is 4.57. The number of nitrogens with one attached hydrogen (secondary N) is 1. The zero-order chi connectivity index (χ0) is 15.2. The largest absolute Gasteiger partial charge is 0.479 e. The van der Waals surface area contributed by atoms with Crippen LogP contribution in [0.2, 0.25) is 0 Å². The van der Waals surface area contributed by atoms with Gasteiger partial charge in [0.1, 0.15) is 5.76 Å². The molecule has 2 aromatic rings. The van der Waals surface area contributed by atoms with Crippen LogP contribution in [0.3, 0.4) is 0 Å². The molecule has 0 radical (unpaired) electrons. The fourth-order valence-corrected chi connectivity index (χ4v) is 1.87. The van der Waals surface area contributed by atoms with Crippen LogP contribution in [0.4, 0.5) is 4.79 Å². The minimum absolute atomic E-state index is 0.264. The molecule has 1 heterocycles. The van der Waals surface area contributed by atoms with E-state index in [9.17, 15) is 14.7 Å². The number of carboxylic acid groups (broad SMARTS) is 1. The standard InChI is InChI=1S/C15H16N2O4/c1-17(10-12-8-5-9-21-12)15(20)16-13(14(18)19)11-6-3-2-4-7-11/h2-9,13H,10H2,1H3,(H,16,20)(H,18,19). The Kier molecular flexibility index (Phi) is 4.61. The van der Waals surface area contributed by atoms with Gasteiger partial charge in [-0.05, 0) is 17.7 Å². The van der Waals surface area contributed by atoms with Crippen molar-refractivity contribution in [3.8, 4) is 0 Å². The lowest BCUT2D eigenvalue weighted by Crippen LogP contribution is -2.41. The Morgan fingerprint density at radius 2 is 1.95 bits per heavy atom. The van der Waals surface area contributed by atoms with Crippen LogP contribution >= 0.6 is 0 Å². The van der Waals surface area contributed by atoms with E-state index in [-0.39, 0.29) is 6.54 Å². The van der Waals surface area contributed by atoms with Crippen molar-refractivity contribution in [2.24, 2.45) is 0 Å². The SMILES string of the molecule is CN(Cc1ccco1)C(=O)NC(C(=O)O)c1ccccc1. The molecule has 21 heavy (non-hydrogen) atoms. The summed E-state index contributed by atoms with van der Waals surface area (Å²) in [6.07, 6.45) is 1.52. The molecule has 1 aromatic heterocycles. The van der Waals surface area contributed by atoms with E-state index in [1.165, 1.54) is 11.2 Å². The highest BCUT2D eigenvalue weighted by atomic mass is 16.4. The Balaban J connectivity index is 2.03. The first kappa shape index (κ1) is 14.6. The first-order valence-electron chi connectivity index (χ1n) is 6.39. The summed E-state index contributed by atoms with van der Waals surface area (Å²) in [5.74, 6) is -0.486. The van der Waals surface area contributed by atoms with Gasteiger partial charge in [0.25, 0.3) is 0 Å². The van der Waals surface area contributed by atoms with Gasteiger partial charge in [-0.15, -0.1) is 0 Å². The Hall–Kier alpha value is -2.76. The number of carbonyl (C=O) groups excluding carboxylic acids is 1. The normalized spacial score (nSPS) is 11.7. The van der Waals surface area contributed by atoms with Gasteiger partial charge in [-0.2, -0.15) is 0 Å². The van der Waals surface area contributed by atoms with E-state index in [2.05, 4.69) is 5.32 Å². The Labute approximate surface area is 122 Å². The number of aliphatic carboxylic acids is 1. The third-order valence-electron chi connectivity index (χ3n) is 2.97. The fourth-order valence-electron chi connectivity index (χ4n) is 1.87. The molecule has 2 rings (SSSR count). The van der Waals surface area contributed by atoms with Gasteiger partial charge in [0, 0.05) is 7.05 Å². The quantitative estimate of drug-likeness (QED) is 0.884. The number of furan rings is 1. The van der Waals surface area contributed by atoms with Crippen molar-refractivity contribution < 1.29 is 19.1 Å². The highest BCUT2D eigenvalue weighted by molar-refractivity contribution is 5.83. The van der Waals surface area contributed by atoms with Crippen molar-refractivity contribution >= 4 is 12.0 Å².